The minimum Gasteiger partial charge on any atom is -0.477 e. The van der Waals surface area contributed by atoms with Gasteiger partial charge in [0.1, 0.15) is 5.69 Å². The quantitative estimate of drug-likeness (QED) is 0.920. The highest BCUT2D eigenvalue weighted by atomic mass is 79.9. The molecule has 88 valence electrons. The molecule has 0 aliphatic carbocycles. The summed E-state index contributed by atoms with van der Waals surface area (Å²) in [6.07, 6.45) is 1.76. The summed E-state index contributed by atoms with van der Waals surface area (Å²) < 4.78 is 2.44. The van der Waals surface area contributed by atoms with Crippen LogP contribution < -0.4 is 0 Å². The van der Waals surface area contributed by atoms with Gasteiger partial charge in [0, 0.05) is 16.4 Å². The molecule has 0 radical (unpaired) electrons. The van der Waals surface area contributed by atoms with Crippen LogP contribution in [0, 0.1) is 13.8 Å². The molecule has 0 saturated heterocycles. The number of aromatic carboxylic acids is 1. The first-order valence-electron chi connectivity index (χ1n) is 5.18. The first kappa shape index (κ1) is 11.9. The molecule has 0 fully saturated rings. The third kappa shape index (κ3) is 2.26. The fraction of sp³-hybridized carbons (Fsp3) is 0.154. The van der Waals surface area contributed by atoms with Crippen LogP contribution in [0.3, 0.4) is 0 Å². The van der Waals surface area contributed by atoms with Gasteiger partial charge >= 0.3 is 5.97 Å². The highest BCUT2D eigenvalue weighted by molar-refractivity contribution is 9.10. The number of carboxylic acids is 1. The smallest absolute Gasteiger partial charge is 0.352 e. The van der Waals surface area contributed by atoms with E-state index in [0.717, 1.165) is 21.3 Å². The Bertz CT molecular complexity index is 587. The molecule has 0 aliphatic rings. The zero-order chi connectivity index (χ0) is 12.6. The number of halogens is 1. The molecule has 0 bridgehead atoms. The fourth-order valence-corrected chi connectivity index (χ4v) is 2.29. The maximum atomic E-state index is 11.1. The average molecular weight is 294 g/mol. The SMILES string of the molecule is Cc1ccc(-n2cc(Br)cc2C(=O)O)c(C)c1. The van der Waals surface area contributed by atoms with E-state index in [-0.39, 0.29) is 5.69 Å². The topological polar surface area (TPSA) is 42.2 Å². The first-order chi connectivity index (χ1) is 7.99. The molecule has 0 saturated carbocycles. The van der Waals surface area contributed by atoms with E-state index in [0.29, 0.717) is 0 Å². The van der Waals surface area contributed by atoms with Crippen LogP contribution in [0.5, 0.6) is 0 Å². The van der Waals surface area contributed by atoms with Crippen LogP contribution in [0.4, 0.5) is 0 Å². The van der Waals surface area contributed by atoms with Gasteiger partial charge in [-0.05, 0) is 47.5 Å². The van der Waals surface area contributed by atoms with E-state index in [1.54, 1.807) is 16.8 Å². The van der Waals surface area contributed by atoms with Crippen molar-refractivity contribution < 1.29 is 9.90 Å². The molecule has 17 heavy (non-hydrogen) atoms. The summed E-state index contributed by atoms with van der Waals surface area (Å²) in [6.45, 7) is 3.99. The van der Waals surface area contributed by atoms with Gasteiger partial charge in [0.25, 0.3) is 0 Å². The van der Waals surface area contributed by atoms with Crippen molar-refractivity contribution in [1.82, 2.24) is 4.57 Å². The van der Waals surface area contributed by atoms with E-state index in [9.17, 15) is 4.79 Å². The second-order valence-electron chi connectivity index (χ2n) is 4.01. The number of nitrogens with zero attached hydrogens (tertiary/aromatic N) is 1. The molecular formula is C13H12BrNO2. The van der Waals surface area contributed by atoms with Crippen LogP contribution in [0.2, 0.25) is 0 Å². The minimum absolute atomic E-state index is 0.254. The zero-order valence-corrected chi connectivity index (χ0v) is 11.2. The van der Waals surface area contributed by atoms with Crippen LogP contribution in [0.25, 0.3) is 5.69 Å². The van der Waals surface area contributed by atoms with Crippen molar-refractivity contribution in [2.75, 3.05) is 0 Å². The van der Waals surface area contributed by atoms with Gasteiger partial charge < -0.3 is 9.67 Å². The molecule has 0 aliphatic heterocycles. The largest absolute Gasteiger partial charge is 0.477 e. The Labute approximate surface area is 108 Å². The molecule has 1 N–H and O–H groups in total. The van der Waals surface area contributed by atoms with E-state index in [2.05, 4.69) is 15.9 Å². The Morgan fingerprint density at radius 3 is 2.59 bits per heavy atom. The number of hydrogen-bond acceptors (Lipinski definition) is 1. The Hall–Kier alpha value is -1.55. The van der Waals surface area contributed by atoms with Crippen LogP contribution in [0.1, 0.15) is 21.6 Å². The fourth-order valence-electron chi connectivity index (χ4n) is 1.87. The van der Waals surface area contributed by atoms with Gasteiger partial charge in [-0.15, -0.1) is 0 Å². The molecular weight excluding hydrogens is 282 g/mol. The van der Waals surface area contributed by atoms with E-state index < -0.39 is 5.97 Å². The molecule has 1 aromatic carbocycles. The monoisotopic (exact) mass is 293 g/mol. The van der Waals surface area contributed by atoms with Gasteiger partial charge in [-0.3, -0.25) is 0 Å². The summed E-state index contributed by atoms with van der Waals surface area (Å²) in [5.74, 6) is -0.935. The Morgan fingerprint density at radius 2 is 2.00 bits per heavy atom. The van der Waals surface area contributed by atoms with E-state index in [1.165, 1.54) is 0 Å². The predicted molar refractivity (Wildman–Crippen MR) is 69.9 cm³/mol. The number of benzene rings is 1. The van der Waals surface area contributed by atoms with Gasteiger partial charge in [-0.2, -0.15) is 0 Å². The molecule has 0 spiro atoms. The van der Waals surface area contributed by atoms with Crippen LogP contribution >= 0.6 is 15.9 Å². The lowest BCUT2D eigenvalue weighted by molar-refractivity contribution is 0.0688. The Morgan fingerprint density at radius 1 is 1.29 bits per heavy atom. The van der Waals surface area contributed by atoms with E-state index in [1.807, 2.05) is 32.0 Å². The molecule has 0 unspecified atom stereocenters. The van der Waals surface area contributed by atoms with Crippen molar-refractivity contribution in [3.05, 3.63) is 51.8 Å². The lowest BCUT2D eigenvalue weighted by Crippen LogP contribution is -2.06. The van der Waals surface area contributed by atoms with Crippen molar-refractivity contribution in [1.29, 1.82) is 0 Å². The minimum atomic E-state index is -0.935. The Kier molecular flexibility index (Phi) is 3.07. The molecule has 2 rings (SSSR count). The second kappa shape index (κ2) is 4.37. The van der Waals surface area contributed by atoms with Crippen LogP contribution in [0.15, 0.2) is 34.9 Å². The summed E-state index contributed by atoms with van der Waals surface area (Å²) in [4.78, 5) is 11.1. The number of carboxylic acid groups (broad SMARTS) is 1. The van der Waals surface area contributed by atoms with Crippen molar-refractivity contribution in [2.24, 2.45) is 0 Å². The summed E-state index contributed by atoms with van der Waals surface area (Å²) in [5, 5.41) is 9.14. The summed E-state index contributed by atoms with van der Waals surface area (Å²) in [6, 6.07) is 7.54. The Balaban J connectivity index is 2.63. The number of carbonyl (C=O) groups is 1. The summed E-state index contributed by atoms with van der Waals surface area (Å²) in [5.41, 5.74) is 3.35. The maximum Gasteiger partial charge on any atom is 0.352 e. The van der Waals surface area contributed by atoms with Gasteiger partial charge in [-0.25, -0.2) is 4.79 Å². The molecule has 3 nitrogen and oxygen atoms in total. The molecule has 1 heterocycles. The van der Waals surface area contributed by atoms with Crippen LogP contribution in [-0.2, 0) is 0 Å². The molecule has 0 atom stereocenters. The summed E-state index contributed by atoms with van der Waals surface area (Å²) in [7, 11) is 0. The van der Waals surface area contributed by atoms with E-state index >= 15 is 0 Å². The van der Waals surface area contributed by atoms with Crippen molar-refractivity contribution in [3.8, 4) is 5.69 Å². The number of aromatic nitrogens is 1. The third-order valence-corrected chi connectivity index (χ3v) is 3.05. The lowest BCUT2D eigenvalue weighted by Gasteiger charge is -2.10. The number of rotatable bonds is 2. The first-order valence-corrected chi connectivity index (χ1v) is 5.97. The standard InChI is InChI=1S/C13H12BrNO2/c1-8-3-4-11(9(2)5-8)15-7-10(14)6-12(15)13(16)17/h3-7H,1-2H3,(H,16,17). The van der Waals surface area contributed by atoms with Crippen molar-refractivity contribution in [2.45, 2.75) is 13.8 Å². The van der Waals surface area contributed by atoms with Crippen molar-refractivity contribution >= 4 is 21.9 Å². The maximum absolute atomic E-state index is 11.1. The third-order valence-electron chi connectivity index (χ3n) is 2.62. The van der Waals surface area contributed by atoms with Gasteiger partial charge in [0.05, 0.1) is 0 Å². The highest BCUT2D eigenvalue weighted by Gasteiger charge is 2.14. The van der Waals surface area contributed by atoms with E-state index in [4.69, 9.17) is 5.11 Å². The number of aryl methyl sites for hydroxylation is 2. The van der Waals surface area contributed by atoms with Gasteiger partial charge in [-0.1, -0.05) is 17.7 Å². The van der Waals surface area contributed by atoms with Gasteiger partial charge in [0.2, 0.25) is 0 Å². The zero-order valence-electron chi connectivity index (χ0n) is 9.57. The predicted octanol–water partition coefficient (Wildman–Crippen LogP) is 3.55. The average Bonchev–Trinajstić information content (AvgIpc) is 2.60. The van der Waals surface area contributed by atoms with Gasteiger partial charge in [0.15, 0.2) is 0 Å². The molecule has 0 amide bonds. The normalized spacial score (nSPS) is 10.5. The molecule has 2 aromatic rings. The molecule has 4 heteroatoms. The highest BCUT2D eigenvalue weighted by Crippen LogP contribution is 2.23. The lowest BCUT2D eigenvalue weighted by atomic mass is 10.1. The van der Waals surface area contributed by atoms with Crippen molar-refractivity contribution in [3.63, 3.8) is 0 Å². The van der Waals surface area contributed by atoms with Crippen LogP contribution in [-0.4, -0.2) is 15.6 Å². The summed E-state index contributed by atoms with van der Waals surface area (Å²) >= 11 is 3.30. The number of hydrogen-bond donors (Lipinski definition) is 1. The second-order valence-corrected chi connectivity index (χ2v) is 4.92. The molecule has 1 aromatic heterocycles.